The van der Waals surface area contributed by atoms with Crippen molar-refractivity contribution in [1.29, 1.82) is 0 Å². The summed E-state index contributed by atoms with van der Waals surface area (Å²) in [5.41, 5.74) is 2.22. The van der Waals surface area contributed by atoms with Gasteiger partial charge in [-0.15, -0.1) is 0 Å². The van der Waals surface area contributed by atoms with Gasteiger partial charge in [-0.3, -0.25) is 4.98 Å². The minimum Gasteiger partial charge on any atom is -0.462 e. The zero-order valence-corrected chi connectivity index (χ0v) is 12.2. The van der Waals surface area contributed by atoms with Gasteiger partial charge in [0, 0.05) is 11.1 Å². The summed E-state index contributed by atoms with van der Waals surface area (Å²) in [6, 6.07) is 3.74. The van der Waals surface area contributed by atoms with Crippen molar-refractivity contribution in [3.63, 3.8) is 0 Å². The van der Waals surface area contributed by atoms with Gasteiger partial charge in [0.15, 0.2) is 0 Å². The zero-order chi connectivity index (χ0) is 13.9. The van der Waals surface area contributed by atoms with Crippen LogP contribution in [-0.4, -0.2) is 17.6 Å². The van der Waals surface area contributed by atoms with Crippen LogP contribution in [0.1, 0.15) is 69.2 Å². The number of hydrogen-bond acceptors (Lipinski definition) is 3. The van der Waals surface area contributed by atoms with Gasteiger partial charge >= 0.3 is 5.97 Å². The Morgan fingerprint density at radius 3 is 2.39 bits per heavy atom. The first-order valence-corrected chi connectivity index (χ1v) is 6.46. The average molecular weight is 249 g/mol. The Hall–Kier alpha value is -1.38. The topological polar surface area (TPSA) is 39.2 Å². The highest BCUT2D eigenvalue weighted by Crippen LogP contribution is 2.26. The first-order valence-electron chi connectivity index (χ1n) is 6.46. The third-order valence-electron chi connectivity index (χ3n) is 2.71. The van der Waals surface area contributed by atoms with Crippen LogP contribution in [0.2, 0.25) is 0 Å². The van der Waals surface area contributed by atoms with Gasteiger partial charge in [-0.05, 0) is 25.0 Å². The monoisotopic (exact) mass is 249 g/mol. The van der Waals surface area contributed by atoms with Crippen molar-refractivity contribution in [3.8, 4) is 0 Å². The Kier molecular flexibility index (Phi) is 4.49. The lowest BCUT2D eigenvalue weighted by Crippen LogP contribution is -2.21. The first-order chi connectivity index (χ1) is 8.27. The zero-order valence-electron chi connectivity index (χ0n) is 12.2. The number of carbonyl (C=O) groups is 1. The van der Waals surface area contributed by atoms with E-state index in [-0.39, 0.29) is 11.4 Å². The molecule has 0 unspecified atom stereocenters. The fraction of sp³-hybridized carbons (Fsp3) is 0.600. The lowest BCUT2D eigenvalue weighted by molar-refractivity contribution is 0.0522. The van der Waals surface area contributed by atoms with Crippen LogP contribution in [-0.2, 0) is 10.2 Å². The number of hydrogen-bond donors (Lipinski definition) is 0. The van der Waals surface area contributed by atoms with Crippen molar-refractivity contribution >= 4 is 5.97 Å². The predicted molar refractivity (Wildman–Crippen MR) is 73.0 cm³/mol. The van der Waals surface area contributed by atoms with Crippen LogP contribution in [0, 0.1) is 0 Å². The Balaban J connectivity index is 3.30. The Labute approximate surface area is 110 Å². The summed E-state index contributed by atoms with van der Waals surface area (Å²) in [5.74, 6) is 0.0626. The fourth-order valence-corrected chi connectivity index (χ4v) is 1.74. The van der Waals surface area contributed by atoms with E-state index in [0.717, 1.165) is 11.4 Å². The fourth-order valence-electron chi connectivity index (χ4n) is 1.74. The van der Waals surface area contributed by atoms with Gasteiger partial charge in [-0.2, -0.15) is 0 Å². The second-order valence-electron chi connectivity index (χ2n) is 5.76. The van der Waals surface area contributed by atoms with Gasteiger partial charge in [0.05, 0.1) is 17.9 Å². The molecule has 1 rings (SSSR count). The van der Waals surface area contributed by atoms with Crippen LogP contribution < -0.4 is 0 Å². The SMILES string of the molecule is CCOC(=O)c1ccc(C(C)C)nc1C(C)(C)C. The summed E-state index contributed by atoms with van der Waals surface area (Å²) in [6.45, 7) is 12.6. The van der Waals surface area contributed by atoms with Crippen LogP contribution in [0.4, 0.5) is 0 Å². The van der Waals surface area contributed by atoms with Crippen molar-refractivity contribution in [2.24, 2.45) is 0 Å². The van der Waals surface area contributed by atoms with Crippen molar-refractivity contribution < 1.29 is 9.53 Å². The van der Waals surface area contributed by atoms with E-state index < -0.39 is 0 Å². The molecule has 0 spiro atoms. The van der Waals surface area contributed by atoms with Gasteiger partial charge in [0.25, 0.3) is 0 Å². The van der Waals surface area contributed by atoms with Gasteiger partial charge in [0.2, 0.25) is 0 Å². The van der Waals surface area contributed by atoms with Crippen molar-refractivity contribution in [1.82, 2.24) is 4.98 Å². The van der Waals surface area contributed by atoms with Crippen molar-refractivity contribution in [2.75, 3.05) is 6.61 Å². The molecule has 1 aromatic rings. The molecule has 0 N–H and O–H groups in total. The molecule has 0 atom stereocenters. The van der Waals surface area contributed by atoms with Crippen LogP contribution in [0.15, 0.2) is 12.1 Å². The summed E-state index contributed by atoms with van der Waals surface area (Å²) < 4.78 is 5.09. The Bertz CT molecular complexity index is 431. The maximum absolute atomic E-state index is 11.9. The predicted octanol–water partition coefficient (Wildman–Crippen LogP) is 3.68. The van der Waals surface area contributed by atoms with Gasteiger partial charge < -0.3 is 4.74 Å². The molecule has 0 aromatic carbocycles. The lowest BCUT2D eigenvalue weighted by Gasteiger charge is -2.22. The first kappa shape index (κ1) is 14.7. The van der Waals surface area contributed by atoms with E-state index in [1.54, 1.807) is 0 Å². The quantitative estimate of drug-likeness (QED) is 0.767. The largest absolute Gasteiger partial charge is 0.462 e. The number of ether oxygens (including phenoxy) is 1. The van der Waals surface area contributed by atoms with Gasteiger partial charge in [0.1, 0.15) is 0 Å². The minimum absolute atomic E-state index is 0.174. The summed E-state index contributed by atoms with van der Waals surface area (Å²) in [7, 11) is 0. The molecule has 0 aliphatic carbocycles. The highest BCUT2D eigenvalue weighted by atomic mass is 16.5. The highest BCUT2D eigenvalue weighted by molar-refractivity contribution is 5.91. The molecule has 0 radical (unpaired) electrons. The van der Waals surface area contributed by atoms with E-state index in [1.807, 2.05) is 19.1 Å². The standard InChI is InChI=1S/C15H23NO2/c1-7-18-14(17)11-8-9-12(10(2)3)16-13(11)15(4,5)6/h8-10H,7H2,1-6H3. The number of esters is 1. The van der Waals surface area contributed by atoms with Crippen LogP contribution in [0.5, 0.6) is 0 Å². The smallest absolute Gasteiger partial charge is 0.339 e. The van der Waals surface area contributed by atoms with Crippen molar-refractivity contribution in [2.45, 2.75) is 52.9 Å². The maximum atomic E-state index is 11.9. The highest BCUT2D eigenvalue weighted by Gasteiger charge is 2.25. The summed E-state index contributed by atoms with van der Waals surface area (Å²) in [5, 5.41) is 0. The normalized spacial score (nSPS) is 11.7. The molecule has 0 aliphatic rings. The summed E-state index contributed by atoms with van der Waals surface area (Å²) in [6.07, 6.45) is 0. The third kappa shape index (κ3) is 3.31. The number of nitrogens with zero attached hydrogens (tertiary/aromatic N) is 1. The molecule has 0 saturated heterocycles. The summed E-state index contributed by atoms with van der Waals surface area (Å²) in [4.78, 5) is 16.6. The van der Waals surface area contributed by atoms with E-state index in [4.69, 9.17) is 4.74 Å². The van der Waals surface area contributed by atoms with Gasteiger partial charge in [-0.1, -0.05) is 34.6 Å². The lowest BCUT2D eigenvalue weighted by atomic mass is 9.87. The van der Waals surface area contributed by atoms with E-state index in [2.05, 4.69) is 39.6 Å². The molecule has 0 amide bonds. The molecule has 0 bridgehead atoms. The molecule has 18 heavy (non-hydrogen) atoms. The summed E-state index contributed by atoms with van der Waals surface area (Å²) >= 11 is 0. The van der Waals surface area contributed by atoms with Gasteiger partial charge in [-0.25, -0.2) is 4.79 Å². The minimum atomic E-state index is -0.287. The number of rotatable bonds is 3. The van der Waals surface area contributed by atoms with Crippen LogP contribution >= 0.6 is 0 Å². The molecular formula is C15H23NO2. The number of aromatic nitrogens is 1. The molecule has 3 heteroatoms. The Morgan fingerprint density at radius 1 is 1.33 bits per heavy atom. The third-order valence-corrected chi connectivity index (χ3v) is 2.71. The molecular weight excluding hydrogens is 226 g/mol. The van der Waals surface area contributed by atoms with Crippen LogP contribution in [0.25, 0.3) is 0 Å². The average Bonchev–Trinajstić information content (AvgIpc) is 2.27. The molecule has 0 aliphatic heterocycles. The second kappa shape index (κ2) is 5.51. The van der Waals surface area contributed by atoms with E-state index in [1.165, 1.54) is 0 Å². The molecule has 0 saturated carbocycles. The molecule has 0 fully saturated rings. The molecule has 1 heterocycles. The Morgan fingerprint density at radius 2 is 1.94 bits per heavy atom. The molecule has 100 valence electrons. The number of carbonyl (C=O) groups excluding carboxylic acids is 1. The second-order valence-corrected chi connectivity index (χ2v) is 5.76. The maximum Gasteiger partial charge on any atom is 0.339 e. The molecule has 3 nitrogen and oxygen atoms in total. The van der Waals surface area contributed by atoms with Crippen LogP contribution in [0.3, 0.4) is 0 Å². The van der Waals surface area contributed by atoms with E-state index in [9.17, 15) is 4.79 Å². The van der Waals surface area contributed by atoms with E-state index >= 15 is 0 Å². The number of pyridine rings is 1. The van der Waals surface area contributed by atoms with Crippen molar-refractivity contribution in [3.05, 3.63) is 29.1 Å². The van der Waals surface area contributed by atoms with E-state index in [0.29, 0.717) is 18.1 Å². The molecule has 1 aromatic heterocycles.